The largest absolute Gasteiger partial charge is 0.354 e. The van der Waals surface area contributed by atoms with Crippen molar-refractivity contribution in [2.75, 3.05) is 43.4 Å². The summed E-state index contributed by atoms with van der Waals surface area (Å²) in [7, 11) is 0.675. The smallest absolute Gasteiger partial charge is 0.238 e. The lowest BCUT2D eigenvalue weighted by Crippen LogP contribution is -2.47. The van der Waals surface area contributed by atoms with Crippen LogP contribution in [-0.2, 0) is 29.7 Å². The minimum absolute atomic E-state index is 0. The highest BCUT2D eigenvalue weighted by molar-refractivity contribution is 7.84. The molecule has 0 bridgehead atoms. The molecular weight excluding hydrogens is 434 g/mol. The van der Waals surface area contributed by atoms with E-state index in [4.69, 9.17) is 9.97 Å². The van der Waals surface area contributed by atoms with Gasteiger partial charge in [0.15, 0.2) is 0 Å². The van der Waals surface area contributed by atoms with Crippen molar-refractivity contribution in [3.05, 3.63) is 23.9 Å². The predicted octanol–water partition coefficient (Wildman–Crippen LogP) is 2.60. The van der Waals surface area contributed by atoms with E-state index in [0.717, 1.165) is 69.3 Å². The summed E-state index contributed by atoms with van der Waals surface area (Å²) in [4.78, 5) is 18.6. The maximum atomic E-state index is 12.3. The van der Waals surface area contributed by atoms with Crippen LogP contribution in [0, 0.1) is 0 Å². The van der Waals surface area contributed by atoms with Crippen molar-refractivity contribution in [2.24, 2.45) is 7.05 Å². The molecule has 0 saturated carbocycles. The predicted molar refractivity (Wildman–Crippen MR) is 128 cm³/mol. The van der Waals surface area contributed by atoms with Gasteiger partial charge in [0.05, 0.1) is 10.8 Å². The van der Waals surface area contributed by atoms with Crippen molar-refractivity contribution >= 4 is 29.0 Å². The maximum Gasteiger partial charge on any atom is 0.238 e. The minimum Gasteiger partial charge on any atom is -0.354 e. The van der Waals surface area contributed by atoms with Crippen LogP contribution < -0.4 is 4.90 Å². The second-order valence-corrected chi connectivity index (χ2v) is 10.4. The maximum absolute atomic E-state index is 12.3. The van der Waals surface area contributed by atoms with E-state index in [1.54, 1.807) is 18.1 Å². The van der Waals surface area contributed by atoms with Gasteiger partial charge in [-0.05, 0) is 19.4 Å². The average Bonchev–Trinajstić information content (AvgIpc) is 3.14. The second-order valence-electron chi connectivity index (χ2n) is 8.97. The molecule has 0 radical (unpaired) electrons. The SMILES string of the molecule is CCCc1cc(N2CCN(CCCS(=O)c3ncn(C)n3)CC2)nc(C(C)(C)C)n1.Cl. The van der Waals surface area contributed by atoms with E-state index in [9.17, 15) is 4.21 Å². The van der Waals surface area contributed by atoms with Gasteiger partial charge in [-0.3, -0.25) is 13.8 Å². The normalized spacial score (nSPS) is 16.2. The van der Waals surface area contributed by atoms with Crippen LogP contribution in [0.4, 0.5) is 5.82 Å². The molecule has 0 amide bonds. The number of anilines is 1. The first kappa shape index (κ1) is 25.7. The summed E-state index contributed by atoms with van der Waals surface area (Å²) in [5, 5.41) is 4.57. The molecule has 1 atom stereocenters. The number of nitrogens with zero attached hydrogens (tertiary/aromatic N) is 7. The molecule has 1 unspecified atom stereocenters. The van der Waals surface area contributed by atoms with Crippen LogP contribution >= 0.6 is 12.4 Å². The molecule has 8 nitrogen and oxygen atoms in total. The van der Waals surface area contributed by atoms with Crippen LogP contribution in [0.2, 0.25) is 0 Å². The number of hydrogen-bond donors (Lipinski definition) is 0. The van der Waals surface area contributed by atoms with Crippen LogP contribution in [0.25, 0.3) is 0 Å². The Balaban J connectivity index is 0.00000341. The molecule has 1 fully saturated rings. The molecule has 1 aliphatic heterocycles. The topological polar surface area (TPSA) is 80.0 Å². The Kier molecular flexibility index (Phi) is 9.39. The van der Waals surface area contributed by atoms with Gasteiger partial charge >= 0.3 is 0 Å². The van der Waals surface area contributed by atoms with Crippen LogP contribution in [0.1, 0.15) is 52.1 Å². The molecule has 3 heterocycles. The molecule has 1 aliphatic rings. The highest BCUT2D eigenvalue weighted by Crippen LogP contribution is 2.23. The molecule has 1 saturated heterocycles. The molecule has 0 N–H and O–H groups in total. The summed E-state index contributed by atoms with van der Waals surface area (Å²) >= 11 is 0. The third kappa shape index (κ3) is 7.22. The van der Waals surface area contributed by atoms with Crippen LogP contribution in [0.5, 0.6) is 0 Å². The van der Waals surface area contributed by atoms with E-state index in [-0.39, 0.29) is 17.8 Å². The van der Waals surface area contributed by atoms with Gasteiger partial charge in [-0.15, -0.1) is 17.5 Å². The fraction of sp³-hybridized carbons (Fsp3) is 0.714. The lowest BCUT2D eigenvalue weighted by atomic mass is 9.95. The van der Waals surface area contributed by atoms with Gasteiger partial charge in [-0.2, -0.15) is 0 Å². The van der Waals surface area contributed by atoms with Gasteiger partial charge in [-0.25, -0.2) is 15.0 Å². The quantitative estimate of drug-likeness (QED) is 0.587. The van der Waals surface area contributed by atoms with E-state index in [1.165, 1.54) is 0 Å². The van der Waals surface area contributed by atoms with Gasteiger partial charge in [0.2, 0.25) is 5.16 Å². The van der Waals surface area contributed by atoms with Crippen molar-refractivity contribution in [1.29, 1.82) is 0 Å². The standard InChI is InChI=1S/C21H35N7OS.ClH/c1-6-8-17-15-18(24-19(23-17)21(2,3)4)28-12-10-27(11-13-28)9-7-14-30(29)20-22-16-26(5)25-20;/h15-16H,6-14H2,1-5H3;1H. The zero-order chi connectivity index (χ0) is 21.7. The van der Waals surface area contributed by atoms with E-state index in [0.29, 0.717) is 10.9 Å². The number of aryl methyl sites for hydroxylation is 2. The Morgan fingerprint density at radius 1 is 1.13 bits per heavy atom. The molecule has 31 heavy (non-hydrogen) atoms. The first-order valence-electron chi connectivity index (χ1n) is 10.9. The van der Waals surface area contributed by atoms with Crippen LogP contribution in [0.15, 0.2) is 17.6 Å². The summed E-state index contributed by atoms with van der Waals surface area (Å²) in [5.74, 6) is 2.59. The van der Waals surface area contributed by atoms with Gasteiger partial charge in [-0.1, -0.05) is 34.1 Å². The second kappa shape index (κ2) is 11.3. The minimum atomic E-state index is -1.12. The fourth-order valence-electron chi connectivity index (χ4n) is 3.50. The third-order valence-electron chi connectivity index (χ3n) is 5.23. The van der Waals surface area contributed by atoms with Crippen molar-refractivity contribution in [1.82, 2.24) is 29.6 Å². The summed E-state index contributed by atoms with van der Waals surface area (Å²) in [6.45, 7) is 13.5. The van der Waals surface area contributed by atoms with Crippen molar-refractivity contribution in [2.45, 2.75) is 57.5 Å². The summed E-state index contributed by atoms with van der Waals surface area (Å²) in [6, 6.07) is 2.16. The Labute approximate surface area is 194 Å². The molecule has 2 aromatic rings. The van der Waals surface area contributed by atoms with Gasteiger partial charge in [0.1, 0.15) is 18.0 Å². The Bertz CT molecular complexity index is 860. The zero-order valence-electron chi connectivity index (χ0n) is 19.4. The third-order valence-corrected chi connectivity index (χ3v) is 6.48. The van der Waals surface area contributed by atoms with Crippen LogP contribution in [0.3, 0.4) is 0 Å². The van der Waals surface area contributed by atoms with Crippen molar-refractivity contribution in [3.63, 3.8) is 0 Å². The van der Waals surface area contributed by atoms with E-state index in [2.05, 4.69) is 53.6 Å². The number of piperazine rings is 1. The highest BCUT2D eigenvalue weighted by atomic mass is 35.5. The van der Waals surface area contributed by atoms with E-state index in [1.807, 2.05) is 0 Å². The monoisotopic (exact) mass is 469 g/mol. The number of hydrogen-bond acceptors (Lipinski definition) is 7. The molecular formula is C21H36ClN7OS. The molecule has 174 valence electrons. The Hall–Kier alpha value is -1.58. The van der Waals surface area contributed by atoms with Crippen LogP contribution in [-0.4, -0.2) is 72.3 Å². The van der Waals surface area contributed by atoms with Crippen molar-refractivity contribution < 1.29 is 4.21 Å². The summed E-state index contributed by atoms with van der Waals surface area (Å²) < 4.78 is 13.9. The summed E-state index contributed by atoms with van der Waals surface area (Å²) in [6.07, 6.45) is 4.55. The average molecular weight is 470 g/mol. The summed E-state index contributed by atoms with van der Waals surface area (Å²) in [5.41, 5.74) is 1.08. The first-order chi connectivity index (χ1) is 14.3. The molecule has 0 aromatic carbocycles. The Morgan fingerprint density at radius 3 is 2.42 bits per heavy atom. The fourth-order valence-corrected chi connectivity index (χ4v) is 4.46. The highest BCUT2D eigenvalue weighted by Gasteiger charge is 2.23. The Morgan fingerprint density at radius 2 is 1.84 bits per heavy atom. The number of halogens is 1. The van der Waals surface area contributed by atoms with E-state index >= 15 is 0 Å². The molecule has 0 spiro atoms. The number of rotatable bonds is 8. The molecule has 10 heteroatoms. The zero-order valence-corrected chi connectivity index (χ0v) is 21.0. The van der Waals surface area contributed by atoms with Gasteiger partial charge < -0.3 is 4.90 Å². The van der Waals surface area contributed by atoms with Crippen molar-refractivity contribution in [3.8, 4) is 0 Å². The molecule has 0 aliphatic carbocycles. The molecule has 2 aromatic heterocycles. The number of aromatic nitrogens is 5. The molecule has 3 rings (SSSR count). The lowest BCUT2D eigenvalue weighted by Gasteiger charge is -2.36. The lowest BCUT2D eigenvalue weighted by molar-refractivity contribution is 0.258. The van der Waals surface area contributed by atoms with Gasteiger partial charge in [0, 0.05) is 56.2 Å². The van der Waals surface area contributed by atoms with E-state index < -0.39 is 10.8 Å². The van der Waals surface area contributed by atoms with Gasteiger partial charge in [0.25, 0.3) is 0 Å². The first-order valence-corrected chi connectivity index (χ1v) is 12.2.